The molecule has 31 heavy (non-hydrogen) atoms. The lowest BCUT2D eigenvalue weighted by Crippen LogP contribution is -2.28. The molecule has 2 aromatic carbocycles. The van der Waals surface area contributed by atoms with Gasteiger partial charge in [-0.15, -0.1) is 0 Å². The number of rotatable bonds is 8. The highest BCUT2D eigenvalue weighted by molar-refractivity contribution is 6.31. The molecule has 1 aromatic heterocycles. The number of carbonyl (C=O) groups is 1. The van der Waals surface area contributed by atoms with Gasteiger partial charge in [-0.05, 0) is 35.2 Å². The molecule has 0 radical (unpaired) electrons. The number of nitrogens with one attached hydrogen (secondary N) is 2. The van der Waals surface area contributed by atoms with Crippen LogP contribution >= 0.6 is 11.6 Å². The first-order chi connectivity index (χ1) is 14.8. The second-order valence-electron chi connectivity index (χ2n) is 7.27. The van der Waals surface area contributed by atoms with Gasteiger partial charge < -0.3 is 15.0 Å². The molecule has 0 saturated carbocycles. The molecule has 0 aliphatic heterocycles. The van der Waals surface area contributed by atoms with Crippen molar-refractivity contribution in [2.45, 2.75) is 31.9 Å². The highest BCUT2D eigenvalue weighted by Gasteiger charge is 2.34. The number of ether oxygens (including phenoxy) is 1. The lowest BCUT2D eigenvalue weighted by Gasteiger charge is -2.19. The van der Waals surface area contributed by atoms with Gasteiger partial charge in [0.15, 0.2) is 0 Å². The van der Waals surface area contributed by atoms with Gasteiger partial charge in [-0.25, -0.2) is 0 Å². The molecule has 0 aliphatic carbocycles. The van der Waals surface area contributed by atoms with E-state index in [9.17, 15) is 18.0 Å². The molecule has 0 unspecified atom stereocenters. The Bertz CT molecular complexity index is 1060. The monoisotopic (exact) mass is 452 g/mol. The summed E-state index contributed by atoms with van der Waals surface area (Å²) in [6.45, 7) is 2.71. The lowest BCUT2D eigenvalue weighted by atomic mass is 9.86. The smallest absolute Gasteiger partial charge is 0.383 e. The van der Waals surface area contributed by atoms with Crippen molar-refractivity contribution < 1.29 is 22.7 Å². The fourth-order valence-corrected chi connectivity index (χ4v) is 3.98. The van der Waals surface area contributed by atoms with E-state index in [0.29, 0.717) is 18.7 Å². The second-order valence-corrected chi connectivity index (χ2v) is 7.68. The summed E-state index contributed by atoms with van der Waals surface area (Å²) in [7, 11) is 1.53. The van der Waals surface area contributed by atoms with E-state index in [0.717, 1.165) is 34.5 Å². The summed E-state index contributed by atoms with van der Waals surface area (Å²) in [6.07, 6.45) is -2.02. The number of aromatic amines is 1. The van der Waals surface area contributed by atoms with Crippen LogP contribution in [0.25, 0.3) is 10.9 Å². The molecule has 0 aliphatic rings. The van der Waals surface area contributed by atoms with Gasteiger partial charge in [-0.1, -0.05) is 42.8 Å². The number of H-pyrrole nitrogens is 1. The number of hydrogen-bond acceptors (Lipinski definition) is 2. The topological polar surface area (TPSA) is 54.1 Å². The Morgan fingerprint density at radius 2 is 2.03 bits per heavy atom. The van der Waals surface area contributed by atoms with Crippen molar-refractivity contribution >= 4 is 28.4 Å². The summed E-state index contributed by atoms with van der Waals surface area (Å²) >= 11 is 5.82. The number of para-hydroxylation sites is 1. The van der Waals surface area contributed by atoms with Gasteiger partial charge in [-0.3, -0.25) is 4.79 Å². The van der Waals surface area contributed by atoms with E-state index >= 15 is 0 Å². The molecule has 2 N–H and O–H groups in total. The van der Waals surface area contributed by atoms with Crippen LogP contribution in [-0.4, -0.2) is 31.2 Å². The molecule has 1 heterocycles. The fourth-order valence-electron chi connectivity index (χ4n) is 3.76. The first-order valence-electron chi connectivity index (χ1n) is 9.97. The van der Waals surface area contributed by atoms with Crippen LogP contribution in [0.15, 0.2) is 42.6 Å². The minimum absolute atomic E-state index is 0.00799. The van der Waals surface area contributed by atoms with Crippen molar-refractivity contribution in [1.29, 1.82) is 0 Å². The summed E-state index contributed by atoms with van der Waals surface area (Å²) in [5.74, 6) is -0.853. The number of aryl methyl sites for hydroxylation is 1. The standard InChI is InChI=1S/C23H24ClF3N2O2/c1-3-14-5-4-6-16-18(13-29-22(14)16)17(12-21(30)28-9-10-31-2)15-7-8-20(24)19(11-15)23(25,26)27/h4-8,11,13,17,29H,3,9-10,12H2,1-2H3,(H,28,30)/t17-/m1/s1. The van der Waals surface area contributed by atoms with E-state index in [1.807, 2.05) is 25.1 Å². The van der Waals surface area contributed by atoms with Crippen molar-refractivity contribution in [1.82, 2.24) is 10.3 Å². The number of fused-ring (bicyclic) bond motifs is 1. The summed E-state index contributed by atoms with van der Waals surface area (Å²) in [5.41, 5.74) is 2.25. The maximum absolute atomic E-state index is 13.5. The summed E-state index contributed by atoms with van der Waals surface area (Å²) in [6, 6.07) is 9.65. The third-order valence-corrected chi connectivity index (χ3v) is 5.64. The van der Waals surface area contributed by atoms with Crippen LogP contribution in [0.4, 0.5) is 13.2 Å². The van der Waals surface area contributed by atoms with Crippen LogP contribution in [0.3, 0.4) is 0 Å². The summed E-state index contributed by atoms with van der Waals surface area (Å²) < 4.78 is 45.4. The molecule has 0 saturated heterocycles. The van der Waals surface area contributed by atoms with Gasteiger partial charge in [0.05, 0.1) is 17.2 Å². The number of benzene rings is 2. The van der Waals surface area contributed by atoms with E-state index in [4.69, 9.17) is 16.3 Å². The van der Waals surface area contributed by atoms with Crippen molar-refractivity contribution in [3.63, 3.8) is 0 Å². The first kappa shape index (κ1) is 23.2. The highest BCUT2D eigenvalue weighted by atomic mass is 35.5. The van der Waals surface area contributed by atoms with E-state index in [2.05, 4.69) is 10.3 Å². The van der Waals surface area contributed by atoms with Crippen molar-refractivity contribution in [2.24, 2.45) is 0 Å². The number of aromatic nitrogens is 1. The van der Waals surface area contributed by atoms with Crippen LogP contribution in [0, 0.1) is 0 Å². The molecule has 0 fully saturated rings. The number of methoxy groups -OCH3 is 1. The van der Waals surface area contributed by atoms with E-state index in [-0.39, 0.29) is 17.4 Å². The molecule has 1 amide bonds. The Morgan fingerprint density at radius 3 is 2.71 bits per heavy atom. The van der Waals surface area contributed by atoms with Crippen LogP contribution in [-0.2, 0) is 22.1 Å². The Labute approximate surface area is 183 Å². The van der Waals surface area contributed by atoms with E-state index < -0.39 is 17.7 Å². The second kappa shape index (κ2) is 9.75. The summed E-state index contributed by atoms with van der Waals surface area (Å²) in [5, 5.41) is 3.27. The molecule has 0 spiro atoms. The molecular weight excluding hydrogens is 429 g/mol. The Balaban J connectivity index is 2.08. The van der Waals surface area contributed by atoms with Crippen molar-refractivity contribution in [3.8, 4) is 0 Å². The molecule has 8 heteroatoms. The third-order valence-electron chi connectivity index (χ3n) is 5.31. The minimum Gasteiger partial charge on any atom is -0.383 e. The number of alkyl halides is 3. The normalized spacial score (nSPS) is 12.8. The number of amides is 1. The number of hydrogen-bond donors (Lipinski definition) is 2. The summed E-state index contributed by atoms with van der Waals surface area (Å²) in [4.78, 5) is 15.8. The molecular formula is C23H24ClF3N2O2. The van der Waals surface area contributed by atoms with Crippen LogP contribution in [0.1, 0.15) is 41.5 Å². The quantitative estimate of drug-likeness (QED) is 0.431. The Hall–Kier alpha value is -2.51. The largest absolute Gasteiger partial charge is 0.417 e. The van der Waals surface area contributed by atoms with Crippen molar-refractivity contribution in [3.05, 3.63) is 69.9 Å². The van der Waals surface area contributed by atoms with Gasteiger partial charge in [0, 0.05) is 43.1 Å². The van der Waals surface area contributed by atoms with Gasteiger partial charge in [0.25, 0.3) is 0 Å². The molecule has 3 aromatic rings. The molecule has 0 bridgehead atoms. The molecule has 1 atom stereocenters. The predicted octanol–water partition coefficient (Wildman–Crippen LogP) is 5.69. The average Bonchev–Trinajstić information content (AvgIpc) is 3.16. The van der Waals surface area contributed by atoms with Crippen LogP contribution < -0.4 is 5.32 Å². The lowest BCUT2D eigenvalue weighted by molar-refractivity contribution is -0.137. The zero-order chi connectivity index (χ0) is 22.6. The molecule has 3 rings (SSSR count). The molecule has 4 nitrogen and oxygen atoms in total. The number of halogens is 4. The molecule has 166 valence electrons. The first-order valence-corrected chi connectivity index (χ1v) is 10.3. The maximum Gasteiger partial charge on any atom is 0.417 e. The van der Waals surface area contributed by atoms with Gasteiger partial charge in [0.2, 0.25) is 5.91 Å². The van der Waals surface area contributed by atoms with Crippen LogP contribution in [0.2, 0.25) is 5.02 Å². The minimum atomic E-state index is -4.59. The Kier molecular flexibility index (Phi) is 7.28. The SMILES string of the molecule is CCc1cccc2c([C@H](CC(=O)NCCOC)c3ccc(Cl)c(C(F)(F)F)c3)c[nH]c12. The van der Waals surface area contributed by atoms with Gasteiger partial charge >= 0.3 is 6.18 Å². The third kappa shape index (κ3) is 5.22. The maximum atomic E-state index is 13.5. The van der Waals surface area contributed by atoms with E-state index in [1.165, 1.54) is 13.2 Å². The van der Waals surface area contributed by atoms with E-state index in [1.54, 1.807) is 12.3 Å². The number of carbonyl (C=O) groups excluding carboxylic acids is 1. The van der Waals surface area contributed by atoms with Crippen LogP contribution in [0.5, 0.6) is 0 Å². The highest BCUT2D eigenvalue weighted by Crippen LogP contribution is 2.40. The predicted molar refractivity (Wildman–Crippen MR) is 115 cm³/mol. The van der Waals surface area contributed by atoms with Crippen molar-refractivity contribution in [2.75, 3.05) is 20.3 Å². The zero-order valence-electron chi connectivity index (χ0n) is 17.3. The Morgan fingerprint density at radius 1 is 1.26 bits per heavy atom. The fraction of sp³-hybridized carbons (Fsp3) is 0.348. The zero-order valence-corrected chi connectivity index (χ0v) is 18.0. The average molecular weight is 453 g/mol. The van der Waals surface area contributed by atoms with Gasteiger partial charge in [0.1, 0.15) is 0 Å². The van der Waals surface area contributed by atoms with Gasteiger partial charge in [-0.2, -0.15) is 13.2 Å².